The summed E-state index contributed by atoms with van der Waals surface area (Å²) in [6.45, 7) is 1.61. The van der Waals surface area contributed by atoms with Crippen molar-refractivity contribution in [3.05, 3.63) is 70.5 Å². The van der Waals surface area contributed by atoms with Crippen molar-refractivity contribution in [2.45, 2.75) is 13.0 Å². The lowest BCUT2D eigenvalue weighted by molar-refractivity contribution is -0.122. The highest BCUT2D eigenvalue weighted by molar-refractivity contribution is 6.42. The van der Waals surface area contributed by atoms with E-state index in [2.05, 4.69) is 10.4 Å². The van der Waals surface area contributed by atoms with Crippen LogP contribution in [0.25, 0.3) is 5.69 Å². The number of hydrogen-bond acceptors (Lipinski definition) is 4. The highest BCUT2D eigenvalue weighted by atomic mass is 35.5. The lowest BCUT2D eigenvalue weighted by atomic mass is 10.2. The fraction of sp³-hybridized carbons (Fsp3) is 0.105. The Balaban J connectivity index is 1.76. The van der Waals surface area contributed by atoms with Gasteiger partial charge in [0.05, 0.1) is 21.4 Å². The van der Waals surface area contributed by atoms with Crippen molar-refractivity contribution in [1.29, 1.82) is 0 Å². The van der Waals surface area contributed by atoms with E-state index in [9.17, 15) is 9.59 Å². The van der Waals surface area contributed by atoms with Crippen LogP contribution in [0.2, 0.25) is 10.0 Å². The van der Waals surface area contributed by atoms with E-state index in [-0.39, 0.29) is 11.6 Å². The van der Waals surface area contributed by atoms with Gasteiger partial charge in [0.1, 0.15) is 11.4 Å². The number of hydrogen-bond donors (Lipinski definition) is 2. The first-order chi connectivity index (χ1) is 13.3. The Labute approximate surface area is 171 Å². The summed E-state index contributed by atoms with van der Waals surface area (Å²) in [5.41, 5.74) is 6.43. The Morgan fingerprint density at radius 3 is 2.57 bits per heavy atom. The highest BCUT2D eigenvalue weighted by Gasteiger charge is 2.18. The molecule has 0 bridgehead atoms. The van der Waals surface area contributed by atoms with Crippen LogP contribution in [-0.4, -0.2) is 27.7 Å². The maximum Gasteiger partial charge on any atom is 0.269 e. The minimum atomic E-state index is -0.802. The third kappa shape index (κ3) is 4.44. The van der Waals surface area contributed by atoms with Gasteiger partial charge in [0.2, 0.25) is 0 Å². The molecule has 1 heterocycles. The van der Waals surface area contributed by atoms with Crippen molar-refractivity contribution in [3.63, 3.8) is 0 Å². The number of halogens is 2. The second-order valence-corrected chi connectivity index (χ2v) is 6.67. The van der Waals surface area contributed by atoms with Crippen molar-refractivity contribution in [1.82, 2.24) is 9.78 Å². The molecule has 1 atom stereocenters. The summed E-state index contributed by atoms with van der Waals surface area (Å²) in [4.78, 5) is 23.8. The van der Waals surface area contributed by atoms with Crippen LogP contribution in [0, 0.1) is 0 Å². The minimum Gasteiger partial charge on any atom is -0.481 e. The zero-order chi connectivity index (χ0) is 20.3. The van der Waals surface area contributed by atoms with E-state index < -0.39 is 12.0 Å². The quantitative estimate of drug-likeness (QED) is 0.637. The topological polar surface area (TPSA) is 99.2 Å². The molecule has 7 nitrogen and oxygen atoms in total. The molecule has 3 aromatic rings. The van der Waals surface area contributed by atoms with Crippen molar-refractivity contribution in [3.8, 4) is 11.4 Å². The van der Waals surface area contributed by atoms with Crippen LogP contribution in [0.15, 0.2) is 54.7 Å². The van der Waals surface area contributed by atoms with Gasteiger partial charge in [-0.1, -0.05) is 35.3 Å². The number of nitrogens with two attached hydrogens (primary N) is 1. The van der Waals surface area contributed by atoms with Gasteiger partial charge in [0, 0.05) is 12.3 Å². The average Bonchev–Trinajstić information content (AvgIpc) is 3.15. The predicted octanol–water partition coefficient (Wildman–Crippen LogP) is 3.68. The summed E-state index contributed by atoms with van der Waals surface area (Å²) in [5, 5.41) is 7.64. The minimum absolute atomic E-state index is 0.123. The smallest absolute Gasteiger partial charge is 0.269 e. The molecule has 1 unspecified atom stereocenters. The molecule has 144 valence electrons. The molecule has 0 saturated carbocycles. The van der Waals surface area contributed by atoms with E-state index in [0.717, 1.165) is 0 Å². The number of anilines is 1. The summed E-state index contributed by atoms with van der Waals surface area (Å²) in [6, 6.07) is 13.3. The van der Waals surface area contributed by atoms with Crippen molar-refractivity contribution in [2.24, 2.45) is 5.73 Å². The fourth-order valence-corrected chi connectivity index (χ4v) is 2.70. The van der Waals surface area contributed by atoms with Gasteiger partial charge < -0.3 is 15.8 Å². The molecule has 2 amide bonds. The largest absolute Gasteiger partial charge is 0.481 e. The number of ether oxygens (including phenoxy) is 1. The zero-order valence-corrected chi connectivity index (χ0v) is 16.2. The van der Waals surface area contributed by atoms with Gasteiger partial charge in [-0.3, -0.25) is 9.59 Å². The highest BCUT2D eigenvalue weighted by Crippen LogP contribution is 2.27. The van der Waals surface area contributed by atoms with Gasteiger partial charge in [-0.25, -0.2) is 4.68 Å². The standard InChI is InChI=1S/C19H16Cl2N4O3/c1-11(28-12-6-7-13(20)14(21)10-12)19(27)23-15-4-2-3-5-17(15)25-9-8-16(24-25)18(22)26/h2-11H,1H3,(H2,22,26)(H,23,27). The number of nitrogens with zero attached hydrogens (tertiary/aromatic N) is 2. The number of primary amides is 1. The number of carbonyl (C=O) groups excluding carboxylic acids is 2. The molecule has 0 aliphatic rings. The van der Waals surface area contributed by atoms with Crippen LogP contribution >= 0.6 is 23.2 Å². The summed E-state index contributed by atoms with van der Waals surface area (Å²) in [6.07, 6.45) is 0.782. The SMILES string of the molecule is CC(Oc1ccc(Cl)c(Cl)c1)C(=O)Nc1ccccc1-n1ccc(C(N)=O)n1. The first-order valence-electron chi connectivity index (χ1n) is 8.22. The van der Waals surface area contributed by atoms with Crippen LogP contribution in [0.1, 0.15) is 17.4 Å². The summed E-state index contributed by atoms with van der Waals surface area (Å²) in [7, 11) is 0. The first kappa shape index (κ1) is 19.7. The predicted molar refractivity (Wildman–Crippen MR) is 107 cm³/mol. The monoisotopic (exact) mass is 418 g/mol. The fourth-order valence-electron chi connectivity index (χ4n) is 2.41. The molecule has 0 spiro atoms. The van der Waals surface area contributed by atoms with Gasteiger partial charge >= 0.3 is 0 Å². The van der Waals surface area contributed by atoms with Crippen molar-refractivity contribution >= 4 is 40.7 Å². The van der Waals surface area contributed by atoms with E-state index in [4.69, 9.17) is 33.7 Å². The number of para-hydroxylation sites is 2. The summed E-state index contributed by atoms with van der Waals surface area (Å²) in [5.74, 6) is -0.590. The van der Waals surface area contributed by atoms with Crippen LogP contribution in [0.3, 0.4) is 0 Å². The van der Waals surface area contributed by atoms with Gasteiger partial charge in [-0.2, -0.15) is 5.10 Å². The van der Waals surface area contributed by atoms with E-state index in [1.807, 2.05) is 0 Å². The summed E-state index contributed by atoms with van der Waals surface area (Å²) < 4.78 is 7.09. The third-order valence-corrected chi connectivity index (χ3v) is 4.56. The third-order valence-electron chi connectivity index (χ3n) is 3.82. The second-order valence-electron chi connectivity index (χ2n) is 5.85. The molecule has 0 aliphatic carbocycles. The number of rotatable bonds is 6. The molecule has 2 aromatic carbocycles. The molecule has 28 heavy (non-hydrogen) atoms. The maximum absolute atomic E-state index is 12.6. The van der Waals surface area contributed by atoms with Gasteiger partial charge in [-0.15, -0.1) is 0 Å². The first-order valence-corrected chi connectivity index (χ1v) is 8.98. The lowest BCUT2D eigenvalue weighted by Crippen LogP contribution is -2.30. The van der Waals surface area contributed by atoms with E-state index in [0.29, 0.717) is 27.2 Å². The molecule has 3 N–H and O–H groups in total. The molecular weight excluding hydrogens is 403 g/mol. The maximum atomic E-state index is 12.6. The normalized spacial score (nSPS) is 11.7. The van der Waals surface area contributed by atoms with Crippen LogP contribution < -0.4 is 15.8 Å². The van der Waals surface area contributed by atoms with Crippen LogP contribution in [-0.2, 0) is 4.79 Å². The molecule has 9 heteroatoms. The molecule has 0 fully saturated rings. The Hall–Kier alpha value is -3.03. The molecule has 3 rings (SSSR count). The number of benzene rings is 2. The van der Waals surface area contributed by atoms with E-state index in [1.54, 1.807) is 49.5 Å². The van der Waals surface area contributed by atoms with Gasteiger partial charge in [-0.05, 0) is 37.3 Å². The molecule has 0 radical (unpaired) electrons. The average molecular weight is 419 g/mol. The van der Waals surface area contributed by atoms with E-state index >= 15 is 0 Å². The molecule has 0 aliphatic heterocycles. The van der Waals surface area contributed by atoms with Crippen LogP contribution in [0.4, 0.5) is 5.69 Å². The van der Waals surface area contributed by atoms with Gasteiger partial charge in [0.25, 0.3) is 11.8 Å². The second kappa shape index (κ2) is 8.33. The molecular formula is C19H16Cl2N4O3. The van der Waals surface area contributed by atoms with Crippen molar-refractivity contribution in [2.75, 3.05) is 5.32 Å². The Kier molecular flexibility index (Phi) is 5.87. The Bertz CT molecular complexity index is 1040. The Morgan fingerprint density at radius 1 is 1.14 bits per heavy atom. The van der Waals surface area contributed by atoms with Gasteiger partial charge in [0.15, 0.2) is 6.10 Å². The van der Waals surface area contributed by atoms with E-state index in [1.165, 1.54) is 16.8 Å². The zero-order valence-electron chi connectivity index (χ0n) is 14.7. The number of amides is 2. The Morgan fingerprint density at radius 2 is 1.89 bits per heavy atom. The number of aromatic nitrogens is 2. The number of nitrogens with one attached hydrogen (secondary N) is 1. The van der Waals surface area contributed by atoms with Crippen LogP contribution in [0.5, 0.6) is 5.75 Å². The number of carbonyl (C=O) groups is 2. The van der Waals surface area contributed by atoms with Crippen molar-refractivity contribution < 1.29 is 14.3 Å². The molecule has 1 aromatic heterocycles. The molecule has 0 saturated heterocycles. The lowest BCUT2D eigenvalue weighted by Gasteiger charge is -2.17. The summed E-state index contributed by atoms with van der Waals surface area (Å²) >= 11 is 11.8.